The fraction of sp³-hybridized carbons (Fsp3) is 0.190. The van der Waals surface area contributed by atoms with Crippen molar-refractivity contribution < 1.29 is 9.59 Å². The monoisotopic (exact) mass is 390 g/mol. The van der Waals surface area contributed by atoms with Gasteiger partial charge >= 0.3 is 0 Å². The number of nitrogens with one attached hydrogen (secondary N) is 2. The molecule has 8 heteroatoms. The first kappa shape index (κ1) is 19.9. The van der Waals surface area contributed by atoms with E-state index in [1.165, 1.54) is 24.9 Å². The van der Waals surface area contributed by atoms with Crippen LogP contribution < -0.4 is 15.5 Å². The van der Waals surface area contributed by atoms with Crippen molar-refractivity contribution in [3.05, 3.63) is 72.3 Å². The van der Waals surface area contributed by atoms with E-state index in [0.29, 0.717) is 22.9 Å². The second-order valence-corrected chi connectivity index (χ2v) is 6.51. The van der Waals surface area contributed by atoms with Crippen molar-refractivity contribution in [1.82, 2.24) is 15.0 Å². The van der Waals surface area contributed by atoms with Crippen LogP contribution in [0.15, 0.2) is 61.2 Å². The lowest BCUT2D eigenvalue weighted by Gasteiger charge is -2.17. The molecule has 0 fully saturated rings. The maximum atomic E-state index is 12.4. The van der Waals surface area contributed by atoms with Gasteiger partial charge in [0.25, 0.3) is 5.91 Å². The quantitative estimate of drug-likeness (QED) is 0.643. The number of hydrogen-bond acceptors (Lipinski definition) is 6. The summed E-state index contributed by atoms with van der Waals surface area (Å²) in [6.07, 6.45) is 7.38. The largest absolute Gasteiger partial charge is 0.344 e. The van der Waals surface area contributed by atoms with Crippen molar-refractivity contribution in [2.24, 2.45) is 0 Å². The number of pyridine rings is 1. The molecule has 0 radical (unpaired) electrons. The Hall–Kier alpha value is -3.81. The Morgan fingerprint density at radius 2 is 1.66 bits per heavy atom. The molecule has 29 heavy (non-hydrogen) atoms. The Morgan fingerprint density at radius 1 is 1.00 bits per heavy atom. The van der Waals surface area contributed by atoms with Crippen molar-refractivity contribution in [2.45, 2.75) is 13.3 Å². The molecule has 0 spiro atoms. The van der Waals surface area contributed by atoms with Gasteiger partial charge in [-0.25, -0.2) is 9.97 Å². The van der Waals surface area contributed by atoms with Crippen LogP contribution in [0.5, 0.6) is 0 Å². The van der Waals surface area contributed by atoms with Crippen LogP contribution in [-0.2, 0) is 11.2 Å². The van der Waals surface area contributed by atoms with Gasteiger partial charge in [-0.3, -0.25) is 14.6 Å². The van der Waals surface area contributed by atoms with Gasteiger partial charge in [0, 0.05) is 56.7 Å². The summed E-state index contributed by atoms with van der Waals surface area (Å²) in [6.45, 7) is 2.17. The molecule has 0 aliphatic rings. The highest BCUT2D eigenvalue weighted by Crippen LogP contribution is 2.16. The normalized spacial score (nSPS) is 10.3. The third-order valence-electron chi connectivity index (χ3n) is 4.17. The molecule has 148 valence electrons. The maximum absolute atomic E-state index is 12.4. The summed E-state index contributed by atoms with van der Waals surface area (Å²) in [4.78, 5) is 38.1. The van der Waals surface area contributed by atoms with Gasteiger partial charge in [0.2, 0.25) is 11.9 Å². The maximum Gasteiger partial charge on any atom is 0.258 e. The minimum absolute atomic E-state index is 0.175. The molecule has 2 aromatic heterocycles. The number of anilines is 3. The van der Waals surface area contributed by atoms with Crippen LogP contribution in [0.4, 0.5) is 17.3 Å². The van der Waals surface area contributed by atoms with E-state index in [-0.39, 0.29) is 11.8 Å². The lowest BCUT2D eigenvalue weighted by Crippen LogP contribution is -2.23. The molecule has 2 heterocycles. The van der Waals surface area contributed by atoms with E-state index in [4.69, 9.17) is 0 Å². The van der Waals surface area contributed by atoms with E-state index in [1.54, 1.807) is 36.7 Å². The van der Waals surface area contributed by atoms with Crippen molar-refractivity contribution in [3.63, 3.8) is 0 Å². The lowest BCUT2D eigenvalue weighted by molar-refractivity contribution is -0.114. The van der Waals surface area contributed by atoms with Gasteiger partial charge in [0.05, 0.1) is 5.56 Å². The highest BCUT2D eigenvalue weighted by molar-refractivity contribution is 6.04. The van der Waals surface area contributed by atoms with Crippen LogP contribution in [0, 0.1) is 0 Å². The van der Waals surface area contributed by atoms with E-state index in [2.05, 4.69) is 25.6 Å². The smallest absolute Gasteiger partial charge is 0.258 e. The average Bonchev–Trinajstić information content (AvgIpc) is 2.72. The van der Waals surface area contributed by atoms with Crippen molar-refractivity contribution in [2.75, 3.05) is 29.1 Å². The molecule has 0 unspecified atom stereocenters. The summed E-state index contributed by atoms with van der Waals surface area (Å²) in [5.74, 6) is 0.0461. The molecule has 0 aliphatic carbocycles. The van der Waals surface area contributed by atoms with E-state index < -0.39 is 0 Å². The summed E-state index contributed by atoms with van der Waals surface area (Å²) in [7, 11) is 1.91. The van der Waals surface area contributed by atoms with E-state index in [9.17, 15) is 9.59 Å². The van der Waals surface area contributed by atoms with Crippen LogP contribution in [0.25, 0.3) is 0 Å². The fourth-order valence-electron chi connectivity index (χ4n) is 2.66. The lowest BCUT2D eigenvalue weighted by atomic mass is 10.2. The van der Waals surface area contributed by atoms with Gasteiger partial charge in [-0.15, -0.1) is 0 Å². The van der Waals surface area contributed by atoms with Crippen LogP contribution in [0.2, 0.25) is 0 Å². The van der Waals surface area contributed by atoms with E-state index in [1.807, 2.05) is 24.1 Å². The average molecular weight is 390 g/mol. The van der Waals surface area contributed by atoms with Gasteiger partial charge in [-0.1, -0.05) is 6.07 Å². The Bertz CT molecular complexity index is 976. The van der Waals surface area contributed by atoms with Gasteiger partial charge in [0.15, 0.2) is 0 Å². The third kappa shape index (κ3) is 5.83. The second-order valence-electron chi connectivity index (χ2n) is 6.51. The predicted molar refractivity (Wildman–Crippen MR) is 112 cm³/mol. The molecule has 0 saturated heterocycles. The van der Waals surface area contributed by atoms with Gasteiger partial charge < -0.3 is 15.5 Å². The molecular weight excluding hydrogens is 368 g/mol. The molecule has 0 aliphatic heterocycles. The summed E-state index contributed by atoms with van der Waals surface area (Å²) >= 11 is 0. The van der Waals surface area contributed by atoms with Crippen molar-refractivity contribution >= 4 is 29.1 Å². The zero-order valence-corrected chi connectivity index (χ0v) is 16.3. The Kier molecular flexibility index (Phi) is 6.47. The second kappa shape index (κ2) is 9.41. The molecule has 0 saturated carbocycles. The number of nitrogens with zero attached hydrogens (tertiary/aromatic N) is 4. The molecule has 0 atom stereocenters. The molecule has 0 bridgehead atoms. The summed E-state index contributed by atoms with van der Waals surface area (Å²) in [6, 6.07) is 10.9. The number of benzene rings is 1. The molecular formula is C21H22N6O2. The van der Waals surface area contributed by atoms with Crippen LogP contribution in [0.3, 0.4) is 0 Å². The summed E-state index contributed by atoms with van der Waals surface area (Å²) in [5, 5.41) is 5.46. The highest BCUT2D eigenvalue weighted by Gasteiger charge is 2.10. The zero-order valence-electron chi connectivity index (χ0n) is 16.3. The number of amides is 2. The van der Waals surface area contributed by atoms with Crippen LogP contribution in [0.1, 0.15) is 22.8 Å². The minimum atomic E-state index is -0.323. The number of carbonyl (C=O) groups is 2. The van der Waals surface area contributed by atoms with Gasteiger partial charge in [-0.05, 0) is 42.3 Å². The topological polar surface area (TPSA) is 100 Å². The summed E-state index contributed by atoms with van der Waals surface area (Å²) < 4.78 is 0. The molecule has 2 N–H and O–H groups in total. The van der Waals surface area contributed by atoms with Gasteiger partial charge in [0.1, 0.15) is 0 Å². The number of carbonyl (C=O) groups excluding carboxylic acids is 2. The predicted octanol–water partition coefficient (Wildman–Crippen LogP) is 2.76. The van der Waals surface area contributed by atoms with E-state index >= 15 is 0 Å². The Labute approximate surface area is 169 Å². The first-order valence-corrected chi connectivity index (χ1v) is 9.12. The van der Waals surface area contributed by atoms with E-state index in [0.717, 1.165) is 13.0 Å². The number of likely N-dealkylation sites (N-methyl/N-ethyl adjacent to an activating group) is 1. The molecule has 8 nitrogen and oxygen atoms in total. The number of hydrogen-bond donors (Lipinski definition) is 2. The Balaban J connectivity index is 1.59. The van der Waals surface area contributed by atoms with Crippen LogP contribution >= 0.6 is 0 Å². The Morgan fingerprint density at radius 3 is 2.31 bits per heavy atom. The number of rotatable bonds is 7. The van der Waals surface area contributed by atoms with Crippen molar-refractivity contribution in [3.8, 4) is 0 Å². The van der Waals surface area contributed by atoms with Crippen LogP contribution in [-0.4, -0.2) is 40.4 Å². The fourth-order valence-corrected chi connectivity index (χ4v) is 2.66. The minimum Gasteiger partial charge on any atom is -0.344 e. The third-order valence-corrected chi connectivity index (χ3v) is 4.17. The summed E-state index contributed by atoms with van der Waals surface area (Å²) in [5.41, 5.74) is 2.71. The van der Waals surface area contributed by atoms with Gasteiger partial charge in [-0.2, -0.15) is 0 Å². The molecule has 3 rings (SSSR count). The molecule has 2 amide bonds. The SMILES string of the molecule is CC(=O)Nc1cccc(NC(=O)c2cnc(N(C)CCc3ccncc3)nc2)c1. The standard InChI is InChI=1S/C21H22N6O2/c1-15(28)25-18-4-3-5-19(12-18)26-20(29)17-13-23-21(24-14-17)27(2)11-8-16-6-9-22-10-7-16/h3-7,9-10,12-14H,8,11H2,1-2H3,(H,25,28)(H,26,29). The zero-order chi connectivity index (χ0) is 20.6. The first-order valence-electron chi connectivity index (χ1n) is 9.12. The highest BCUT2D eigenvalue weighted by atomic mass is 16.2. The van der Waals surface area contributed by atoms with Crippen molar-refractivity contribution in [1.29, 1.82) is 0 Å². The molecule has 1 aromatic carbocycles. The first-order chi connectivity index (χ1) is 14.0. The number of aromatic nitrogens is 3. The molecule has 3 aromatic rings.